The molecule has 0 aliphatic rings. The third kappa shape index (κ3) is 4.20. The van der Waals surface area contributed by atoms with E-state index in [9.17, 15) is 4.79 Å². The predicted molar refractivity (Wildman–Crippen MR) is 64.9 cm³/mol. The number of alkyl halides is 1. The van der Waals surface area contributed by atoms with Crippen LogP contribution in [-0.4, -0.2) is 23.0 Å². The molecule has 4 nitrogen and oxygen atoms in total. The van der Waals surface area contributed by atoms with Gasteiger partial charge in [0, 0.05) is 11.4 Å². The molecule has 1 atom stereocenters. The minimum absolute atomic E-state index is 0.0815. The lowest BCUT2D eigenvalue weighted by atomic mass is 10.0. The first-order valence-electron chi connectivity index (χ1n) is 4.89. The summed E-state index contributed by atoms with van der Waals surface area (Å²) in [7, 11) is 0. The summed E-state index contributed by atoms with van der Waals surface area (Å²) < 4.78 is 5.40. The molecule has 0 fully saturated rings. The van der Waals surface area contributed by atoms with Crippen LogP contribution in [-0.2, 0) is 4.79 Å². The summed E-state index contributed by atoms with van der Waals surface area (Å²) in [5.41, 5.74) is 6.52. The molecule has 0 spiro atoms. The van der Waals surface area contributed by atoms with Crippen molar-refractivity contribution >= 4 is 21.9 Å². The van der Waals surface area contributed by atoms with E-state index in [0.717, 1.165) is 10.9 Å². The average molecular weight is 288 g/mol. The van der Waals surface area contributed by atoms with E-state index < -0.39 is 12.0 Å². The van der Waals surface area contributed by atoms with Crippen molar-refractivity contribution in [2.75, 3.05) is 11.9 Å². The van der Waals surface area contributed by atoms with Crippen LogP contribution < -0.4 is 10.5 Å². The topological polar surface area (TPSA) is 72.6 Å². The van der Waals surface area contributed by atoms with Crippen molar-refractivity contribution in [3.63, 3.8) is 0 Å². The lowest BCUT2D eigenvalue weighted by Crippen LogP contribution is -2.15. The molecule has 0 amide bonds. The smallest absolute Gasteiger partial charge is 0.305 e. The number of aliphatic carboxylic acids is 1. The lowest BCUT2D eigenvalue weighted by molar-refractivity contribution is -0.137. The van der Waals surface area contributed by atoms with Gasteiger partial charge in [-0.05, 0) is 17.7 Å². The zero-order chi connectivity index (χ0) is 12.0. The van der Waals surface area contributed by atoms with Gasteiger partial charge in [0.15, 0.2) is 0 Å². The first kappa shape index (κ1) is 13.0. The first-order chi connectivity index (χ1) is 7.63. The summed E-state index contributed by atoms with van der Waals surface area (Å²) >= 11 is 3.26. The third-order valence-electron chi connectivity index (χ3n) is 2.03. The molecule has 16 heavy (non-hydrogen) atoms. The molecule has 1 unspecified atom stereocenters. The number of carbonyl (C=O) groups is 1. The Kier molecular flexibility index (Phi) is 5.28. The van der Waals surface area contributed by atoms with Crippen molar-refractivity contribution < 1.29 is 14.6 Å². The van der Waals surface area contributed by atoms with E-state index >= 15 is 0 Å². The Labute approximate surface area is 103 Å². The van der Waals surface area contributed by atoms with Gasteiger partial charge in [0.2, 0.25) is 0 Å². The van der Waals surface area contributed by atoms with E-state index in [1.54, 1.807) is 18.2 Å². The minimum atomic E-state index is -0.903. The average Bonchev–Trinajstić information content (AvgIpc) is 2.26. The van der Waals surface area contributed by atoms with Crippen LogP contribution >= 0.6 is 15.9 Å². The summed E-state index contributed by atoms with van der Waals surface area (Å²) in [6.45, 7) is 0.567. The Morgan fingerprint density at radius 2 is 2.31 bits per heavy atom. The van der Waals surface area contributed by atoms with Gasteiger partial charge in [-0.25, -0.2) is 0 Å². The molecule has 1 rings (SSSR count). The second kappa shape index (κ2) is 6.50. The molecule has 1 aromatic carbocycles. The van der Waals surface area contributed by atoms with Crippen LogP contribution in [0.5, 0.6) is 5.75 Å². The highest BCUT2D eigenvalue weighted by molar-refractivity contribution is 9.09. The Balaban J connectivity index is 2.69. The maximum Gasteiger partial charge on any atom is 0.305 e. The van der Waals surface area contributed by atoms with Crippen molar-refractivity contribution in [2.24, 2.45) is 5.73 Å². The van der Waals surface area contributed by atoms with Gasteiger partial charge in [-0.2, -0.15) is 0 Å². The molecule has 0 aliphatic carbocycles. The van der Waals surface area contributed by atoms with Gasteiger partial charge in [-0.1, -0.05) is 28.1 Å². The molecule has 0 radical (unpaired) electrons. The normalized spacial score (nSPS) is 12.1. The van der Waals surface area contributed by atoms with Gasteiger partial charge in [-0.15, -0.1) is 0 Å². The predicted octanol–water partition coefficient (Wildman–Crippen LogP) is 1.93. The Morgan fingerprint density at radius 1 is 1.56 bits per heavy atom. The van der Waals surface area contributed by atoms with Crippen LogP contribution in [0.15, 0.2) is 24.3 Å². The molecule has 0 aliphatic heterocycles. The fourth-order valence-corrected chi connectivity index (χ4v) is 1.46. The second-order valence-electron chi connectivity index (χ2n) is 3.31. The molecule has 88 valence electrons. The highest BCUT2D eigenvalue weighted by atomic mass is 79.9. The molecule has 0 aromatic heterocycles. The quantitative estimate of drug-likeness (QED) is 0.785. The molecule has 0 saturated heterocycles. The van der Waals surface area contributed by atoms with Crippen LogP contribution in [0.1, 0.15) is 18.0 Å². The summed E-state index contributed by atoms with van der Waals surface area (Å²) in [6, 6.07) is 6.70. The molecule has 0 saturated carbocycles. The standard InChI is InChI=1S/C11H14BrNO3/c12-4-5-16-9-3-1-2-8(6-9)10(13)7-11(14)15/h1-3,6,10H,4-5,7,13H2,(H,14,15). The monoisotopic (exact) mass is 287 g/mol. The largest absolute Gasteiger partial charge is 0.493 e. The van der Waals surface area contributed by atoms with Crippen molar-refractivity contribution in [2.45, 2.75) is 12.5 Å². The van der Waals surface area contributed by atoms with E-state index in [1.807, 2.05) is 6.07 Å². The van der Waals surface area contributed by atoms with Gasteiger partial charge in [0.25, 0.3) is 0 Å². The van der Waals surface area contributed by atoms with Gasteiger partial charge in [-0.3, -0.25) is 4.79 Å². The number of hydrogen-bond acceptors (Lipinski definition) is 3. The zero-order valence-corrected chi connectivity index (χ0v) is 10.3. The fourth-order valence-electron chi connectivity index (χ4n) is 1.30. The summed E-state index contributed by atoms with van der Waals surface area (Å²) in [5.74, 6) is -0.197. The first-order valence-corrected chi connectivity index (χ1v) is 6.01. The molecular weight excluding hydrogens is 274 g/mol. The Bertz CT molecular complexity index is 357. The van der Waals surface area contributed by atoms with E-state index in [2.05, 4.69) is 15.9 Å². The van der Waals surface area contributed by atoms with Crippen molar-refractivity contribution in [3.8, 4) is 5.75 Å². The summed E-state index contributed by atoms with van der Waals surface area (Å²) in [5, 5.41) is 9.39. The number of carboxylic acid groups (broad SMARTS) is 1. The van der Waals surface area contributed by atoms with Gasteiger partial charge in [0.1, 0.15) is 5.75 Å². The van der Waals surface area contributed by atoms with E-state index in [1.165, 1.54) is 0 Å². The Morgan fingerprint density at radius 3 is 2.94 bits per heavy atom. The Hall–Kier alpha value is -1.07. The number of halogens is 1. The van der Waals surface area contributed by atoms with Crippen molar-refractivity contribution in [1.29, 1.82) is 0 Å². The SMILES string of the molecule is NC(CC(=O)O)c1cccc(OCCBr)c1. The molecule has 1 aromatic rings. The third-order valence-corrected chi connectivity index (χ3v) is 2.35. The van der Waals surface area contributed by atoms with E-state index in [4.69, 9.17) is 15.6 Å². The summed E-state index contributed by atoms with van der Waals surface area (Å²) in [6.07, 6.45) is -0.0815. The van der Waals surface area contributed by atoms with Crippen molar-refractivity contribution in [1.82, 2.24) is 0 Å². The van der Waals surface area contributed by atoms with Crippen LogP contribution in [0.3, 0.4) is 0 Å². The molecule has 0 bridgehead atoms. The van der Waals surface area contributed by atoms with Crippen LogP contribution in [0.25, 0.3) is 0 Å². The second-order valence-corrected chi connectivity index (χ2v) is 4.11. The zero-order valence-electron chi connectivity index (χ0n) is 8.73. The van der Waals surface area contributed by atoms with Crippen molar-refractivity contribution in [3.05, 3.63) is 29.8 Å². The van der Waals surface area contributed by atoms with Crippen LogP contribution in [0, 0.1) is 0 Å². The van der Waals surface area contributed by atoms with Gasteiger partial charge < -0.3 is 15.6 Å². The molecular formula is C11H14BrNO3. The number of carboxylic acids is 1. The minimum Gasteiger partial charge on any atom is -0.493 e. The van der Waals surface area contributed by atoms with E-state index in [0.29, 0.717) is 12.4 Å². The fraction of sp³-hybridized carbons (Fsp3) is 0.364. The molecule has 0 heterocycles. The highest BCUT2D eigenvalue weighted by Crippen LogP contribution is 2.20. The number of hydrogen-bond donors (Lipinski definition) is 2. The highest BCUT2D eigenvalue weighted by Gasteiger charge is 2.10. The van der Waals surface area contributed by atoms with Crippen LogP contribution in [0.4, 0.5) is 0 Å². The number of rotatable bonds is 6. The van der Waals surface area contributed by atoms with Gasteiger partial charge >= 0.3 is 5.97 Å². The summed E-state index contributed by atoms with van der Waals surface area (Å²) in [4.78, 5) is 10.5. The number of benzene rings is 1. The lowest BCUT2D eigenvalue weighted by Gasteiger charge is -2.11. The maximum atomic E-state index is 10.5. The maximum absolute atomic E-state index is 10.5. The van der Waals surface area contributed by atoms with E-state index in [-0.39, 0.29) is 6.42 Å². The van der Waals surface area contributed by atoms with Gasteiger partial charge in [0.05, 0.1) is 13.0 Å². The number of ether oxygens (including phenoxy) is 1. The molecule has 3 N–H and O–H groups in total. The van der Waals surface area contributed by atoms with Crippen LogP contribution in [0.2, 0.25) is 0 Å². The molecule has 5 heteroatoms. The number of nitrogens with two attached hydrogens (primary N) is 1.